The fourth-order valence-corrected chi connectivity index (χ4v) is 3.74. The number of thiocarbonyl (C=S) groups is 1. The second-order valence-corrected chi connectivity index (χ2v) is 5.90. The Morgan fingerprint density at radius 1 is 1.40 bits per heavy atom. The molecule has 4 unspecified atom stereocenters. The molecule has 4 rings (SSSR count). The Morgan fingerprint density at radius 3 is 3.05 bits per heavy atom. The van der Waals surface area contributed by atoms with Gasteiger partial charge >= 0.3 is 0 Å². The summed E-state index contributed by atoms with van der Waals surface area (Å²) in [5, 5.41) is 6.52. The Kier molecular flexibility index (Phi) is 2.71. The molecule has 0 saturated carbocycles. The Morgan fingerprint density at radius 2 is 2.30 bits per heavy atom. The van der Waals surface area contributed by atoms with Crippen LogP contribution in [0.4, 0.5) is 5.82 Å². The minimum Gasteiger partial charge on any atom is -0.388 e. The van der Waals surface area contributed by atoms with Crippen molar-refractivity contribution < 1.29 is 4.74 Å². The molecule has 2 bridgehead atoms. The van der Waals surface area contributed by atoms with E-state index < -0.39 is 0 Å². The van der Waals surface area contributed by atoms with E-state index in [1.54, 1.807) is 18.6 Å². The quantitative estimate of drug-likeness (QED) is 0.814. The molecular weight excluding hydrogens is 274 g/mol. The molecule has 2 fully saturated rings. The lowest BCUT2D eigenvalue weighted by Gasteiger charge is -2.35. The van der Waals surface area contributed by atoms with Gasteiger partial charge < -0.3 is 10.5 Å². The molecule has 104 valence electrons. The van der Waals surface area contributed by atoms with Crippen LogP contribution in [0.1, 0.15) is 19.3 Å². The van der Waals surface area contributed by atoms with E-state index in [4.69, 9.17) is 22.7 Å². The Hall–Kier alpha value is -1.60. The molecule has 20 heavy (non-hydrogen) atoms. The first-order chi connectivity index (χ1) is 9.74. The highest BCUT2D eigenvalue weighted by Crippen LogP contribution is 2.43. The van der Waals surface area contributed by atoms with E-state index in [0.29, 0.717) is 11.1 Å². The fourth-order valence-electron chi connectivity index (χ4n) is 3.54. The van der Waals surface area contributed by atoms with Gasteiger partial charge in [-0.15, -0.1) is 0 Å². The lowest BCUT2D eigenvalue weighted by molar-refractivity contribution is -0.0182. The predicted molar refractivity (Wildman–Crippen MR) is 78.5 cm³/mol. The largest absolute Gasteiger partial charge is 0.388 e. The molecule has 4 atom stereocenters. The lowest BCUT2D eigenvalue weighted by atomic mass is 9.87. The average Bonchev–Trinajstić information content (AvgIpc) is 3.03. The smallest absolute Gasteiger partial charge is 0.167 e. The van der Waals surface area contributed by atoms with E-state index in [9.17, 15) is 0 Å². The summed E-state index contributed by atoms with van der Waals surface area (Å²) in [4.78, 5) is 8.85. The summed E-state index contributed by atoms with van der Waals surface area (Å²) >= 11 is 5.17. The van der Waals surface area contributed by atoms with Gasteiger partial charge in [-0.3, -0.25) is 4.98 Å². The lowest BCUT2D eigenvalue weighted by Crippen LogP contribution is -2.48. The summed E-state index contributed by atoms with van der Waals surface area (Å²) in [6.45, 7) is 0. The number of fused-ring (bicyclic) bond motifs is 4. The van der Waals surface area contributed by atoms with Crippen LogP contribution < -0.4 is 10.7 Å². The predicted octanol–water partition coefficient (Wildman–Crippen LogP) is 0.875. The number of hydrogen-bond donors (Lipinski definition) is 1. The van der Waals surface area contributed by atoms with Crippen LogP contribution in [0.3, 0.4) is 0 Å². The van der Waals surface area contributed by atoms with Crippen LogP contribution in [0.25, 0.3) is 0 Å². The van der Waals surface area contributed by atoms with Gasteiger partial charge in [-0.1, -0.05) is 12.2 Å². The Labute approximate surface area is 122 Å². The van der Waals surface area contributed by atoms with Gasteiger partial charge in [0.1, 0.15) is 10.7 Å². The SMILES string of the molecule is NC(=S)C1=NN(c2cnccn2)C2C3CCC(CC12)O3. The molecule has 7 heteroatoms. The minimum atomic E-state index is 0.141. The second kappa shape index (κ2) is 4.46. The monoisotopic (exact) mass is 289 g/mol. The maximum atomic E-state index is 6.04. The van der Waals surface area contributed by atoms with Crippen LogP contribution in [-0.4, -0.2) is 38.9 Å². The van der Waals surface area contributed by atoms with Crippen molar-refractivity contribution in [3.05, 3.63) is 18.6 Å². The van der Waals surface area contributed by atoms with Crippen LogP contribution in [-0.2, 0) is 4.74 Å². The molecule has 4 heterocycles. The summed E-state index contributed by atoms with van der Waals surface area (Å²) in [6.07, 6.45) is 8.63. The third kappa shape index (κ3) is 1.73. The second-order valence-electron chi connectivity index (χ2n) is 5.46. The zero-order valence-corrected chi connectivity index (χ0v) is 11.7. The normalized spacial score (nSPS) is 34.8. The fraction of sp³-hybridized carbons (Fsp3) is 0.538. The topological polar surface area (TPSA) is 76.6 Å². The highest BCUT2D eigenvalue weighted by Gasteiger charge is 2.52. The summed E-state index contributed by atoms with van der Waals surface area (Å²) in [7, 11) is 0. The number of hydrazone groups is 1. The van der Waals surface area contributed by atoms with E-state index in [1.807, 2.05) is 5.01 Å². The van der Waals surface area contributed by atoms with Crippen molar-refractivity contribution in [1.29, 1.82) is 0 Å². The van der Waals surface area contributed by atoms with E-state index >= 15 is 0 Å². The number of nitrogens with zero attached hydrogens (tertiary/aromatic N) is 4. The number of aromatic nitrogens is 2. The van der Waals surface area contributed by atoms with Crippen molar-refractivity contribution in [3.8, 4) is 0 Å². The van der Waals surface area contributed by atoms with Gasteiger partial charge in [0.25, 0.3) is 0 Å². The first-order valence-corrected chi connectivity index (χ1v) is 7.24. The average molecular weight is 289 g/mol. The Bertz CT molecular complexity index is 577. The number of anilines is 1. The highest BCUT2D eigenvalue weighted by molar-refractivity contribution is 7.82. The van der Waals surface area contributed by atoms with Crippen molar-refractivity contribution in [2.24, 2.45) is 16.8 Å². The number of ether oxygens (including phenoxy) is 1. The Balaban J connectivity index is 1.76. The summed E-state index contributed by atoms with van der Waals surface area (Å²) in [5.74, 6) is 0.975. The molecular formula is C13H15N5OS. The molecule has 3 aliphatic heterocycles. The molecule has 0 amide bonds. The first-order valence-electron chi connectivity index (χ1n) is 6.83. The molecule has 0 radical (unpaired) electrons. The molecule has 3 aliphatic rings. The molecule has 0 spiro atoms. The first kappa shape index (κ1) is 12.2. The van der Waals surface area contributed by atoms with Crippen molar-refractivity contribution in [2.45, 2.75) is 37.5 Å². The molecule has 1 aromatic rings. The molecule has 2 N–H and O–H groups in total. The minimum absolute atomic E-state index is 0.141. The zero-order valence-electron chi connectivity index (χ0n) is 10.8. The summed E-state index contributed by atoms with van der Waals surface area (Å²) in [6, 6.07) is 0.141. The standard InChI is InChI=1S/C13H15N5OS/c14-13(20)11-8-5-7-1-2-9(19-7)12(8)18(17-11)10-6-15-3-4-16-10/h3-4,6-9,12H,1-2,5H2,(H2,14,20). The van der Waals surface area contributed by atoms with E-state index in [0.717, 1.165) is 30.8 Å². The number of nitrogens with two attached hydrogens (primary N) is 1. The van der Waals surface area contributed by atoms with E-state index in [1.165, 1.54) is 0 Å². The van der Waals surface area contributed by atoms with E-state index in [-0.39, 0.29) is 18.1 Å². The molecule has 0 aliphatic carbocycles. The molecule has 6 nitrogen and oxygen atoms in total. The van der Waals surface area contributed by atoms with Crippen LogP contribution in [0.5, 0.6) is 0 Å². The van der Waals surface area contributed by atoms with Gasteiger partial charge in [-0.2, -0.15) is 5.10 Å². The number of hydrogen-bond acceptors (Lipinski definition) is 6. The molecule has 1 aromatic heterocycles. The van der Waals surface area contributed by atoms with Gasteiger partial charge in [-0.05, 0) is 19.3 Å². The van der Waals surface area contributed by atoms with Crippen molar-refractivity contribution in [3.63, 3.8) is 0 Å². The maximum absolute atomic E-state index is 6.04. The van der Waals surface area contributed by atoms with Crippen molar-refractivity contribution >= 4 is 28.7 Å². The number of rotatable bonds is 2. The maximum Gasteiger partial charge on any atom is 0.167 e. The van der Waals surface area contributed by atoms with Crippen LogP contribution in [0.2, 0.25) is 0 Å². The van der Waals surface area contributed by atoms with Gasteiger partial charge in [0, 0.05) is 18.3 Å². The highest BCUT2D eigenvalue weighted by atomic mass is 32.1. The van der Waals surface area contributed by atoms with Gasteiger partial charge in [0.05, 0.1) is 24.4 Å². The van der Waals surface area contributed by atoms with E-state index in [2.05, 4.69) is 15.1 Å². The third-order valence-corrected chi connectivity index (χ3v) is 4.55. The zero-order chi connectivity index (χ0) is 13.7. The molecule has 2 saturated heterocycles. The van der Waals surface area contributed by atoms with Crippen LogP contribution >= 0.6 is 12.2 Å². The summed E-state index contributed by atoms with van der Waals surface area (Å²) in [5.41, 5.74) is 6.67. The van der Waals surface area contributed by atoms with Gasteiger partial charge in [-0.25, -0.2) is 9.99 Å². The van der Waals surface area contributed by atoms with Crippen LogP contribution in [0, 0.1) is 5.92 Å². The third-order valence-electron chi connectivity index (χ3n) is 4.34. The summed E-state index contributed by atoms with van der Waals surface area (Å²) < 4.78 is 6.04. The molecule has 0 aromatic carbocycles. The van der Waals surface area contributed by atoms with Crippen LogP contribution in [0.15, 0.2) is 23.7 Å². The van der Waals surface area contributed by atoms with Crippen molar-refractivity contribution in [2.75, 3.05) is 5.01 Å². The van der Waals surface area contributed by atoms with Gasteiger partial charge in [0.2, 0.25) is 0 Å². The van der Waals surface area contributed by atoms with Gasteiger partial charge in [0.15, 0.2) is 5.82 Å². The van der Waals surface area contributed by atoms with Crippen molar-refractivity contribution in [1.82, 2.24) is 9.97 Å².